The molecule has 34 heavy (non-hydrogen) atoms. The number of rotatable bonds is 9. The van der Waals surface area contributed by atoms with Crippen LogP contribution in [0, 0.1) is 5.82 Å². The summed E-state index contributed by atoms with van der Waals surface area (Å²) < 4.78 is 20.9. The summed E-state index contributed by atoms with van der Waals surface area (Å²) in [7, 11) is 0. The van der Waals surface area contributed by atoms with Gasteiger partial charge >= 0.3 is 0 Å². The Morgan fingerprint density at radius 1 is 1.18 bits per heavy atom. The van der Waals surface area contributed by atoms with Crippen molar-refractivity contribution in [2.24, 2.45) is 0 Å². The Balaban J connectivity index is 1.70. The number of carbonyl (C=O) groups is 2. The van der Waals surface area contributed by atoms with E-state index in [9.17, 15) is 19.1 Å². The van der Waals surface area contributed by atoms with E-state index in [0.29, 0.717) is 37.4 Å². The molecule has 0 spiro atoms. The standard InChI is InChI=1S/C26H24FN3O4/c1-2-16-34-21-10-6-18(7-11-21)23-22(24(31)19-4-8-20(27)9-5-19)25(32)26(33)30(23)14-3-13-29-15-12-28-17-29/h2,4-12,15,17,23H,1,3,13-14,16H2,(H,31,32)/p+1. The van der Waals surface area contributed by atoms with Crippen molar-refractivity contribution in [1.29, 1.82) is 0 Å². The zero-order chi connectivity index (χ0) is 24.1. The number of H-pyrrole nitrogens is 1. The van der Waals surface area contributed by atoms with Crippen molar-refractivity contribution in [3.63, 3.8) is 0 Å². The zero-order valence-corrected chi connectivity index (χ0v) is 18.5. The third-order valence-corrected chi connectivity index (χ3v) is 5.64. The molecule has 0 bridgehead atoms. The average Bonchev–Trinajstić information content (AvgIpc) is 3.45. The van der Waals surface area contributed by atoms with Gasteiger partial charge in [-0.05, 0) is 42.0 Å². The summed E-state index contributed by atoms with van der Waals surface area (Å²) in [5.74, 6) is -1.64. The van der Waals surface area contributed by atoms with Crippen LogP contribution in [0.1, 0.15) is 23.6 Å². The van der Waals surface area contributed by atoms with E-state index in [-0.39, 0.29) is 16.9 Å². The Hall–Kier alpha value is -4.20. The van der Waals surface area contributed by atoms with Gasteiger partial charge < -0.3 is 14.7 Å². The minimum Gasteiger partial charge on any atom is -0.507 e. The molecule has 1 aliphatic rings. The number of halogens is 1. The van der Waals surface area contributed by atoms with Crippen LogP contribution >= 0.6 is 0 Å². The maximum atomic E-state index is 13.4. The van der Waals surface area contributed by atoms with Crippen LogP contribution in [0.15, 0.2) is 85.5 Å². The van der Waals surface area contributed by atoms with Crippen molar-refractivity contribution in [3.05, 3.63) is 102 Å². The highest BCUT2D eigenvalue weighted by Crippen LogP contribution is 2.39. The average molecular weight is 463 g/mol. The number of carbonyl (C=O) groups excluding carboxylic acids is 2. The fourth-order valence-electron chi connectivity index (χ4n) is 4.01. The zero-order valence-electron chi connectivity index (χ0n) is 18.5. The molecule has 3 aromatic rings. The second-order valence-electron chi connectivity index (χ2n) is 7.87. The maximum Gasteiger partial charge on any atom is 0.295 e. The first-order valence-corrected chi connectivity index (χ1v) is 10.9. The minimum atomic E-state index is -0.783. The molecule has 8 heteroatoms. The number of nitrogens with zero attached hydrogens (tertiary/aromatic N) is 2. The summed E-state index contributed by atoms with van der Waals surface area (Å²) in [4.78, 5) is 30.5. The predicted octanol–water partition coefficient (Wildman–Crippen LogP) is 3.52. The Labute approximate surface area is 196 Å². The number of hydrogen-bond donors (Lipinski definition) is 2. The topological polar surface area (TPSA) is 86.5 Å². The van der Waals surface area contributed by atoms with Crippen LogP contribution in [-0.4, -0.2) is 39.8 Å². The van der Waals surface area contributed by atoms with Crippen LogP contribution in [-0.2, 0) is 16.1 Å². The summed E-state index contributed by atoms with van der Waals surface area (Å²) in [5, 5.41) is 11.0. The van der Waals surface area contributed by atoms with Crippen molar-refractivity contribution >= 4 is 17.4 Å². The summed E-state index contributed by atoms with van der Waals surface area (Å²) in [6, 6.07) is 11.4. The van der Waals surface area contributed by atoms with Crippen LogP contribution in [0.3, 0.4) is 0 Å². The first-order valence-electron chi connectivity index (χ1n) is 10.9. The van der Waals surface area contributed by atoms with Crippen LogP contribution in [0.5, 0.6) is 5.75 Å². The fraction of sp³-hybridized carbons (Fsp3) is 0.192. The Morgan fingerprint density at radius 2 is 1.91 bits per heavy atom. The van der Waals surface area contributed by atoms with Gasteiger partial charge in [-0.25, -0.2) is 8.96 Å². The monoisotopic (exact) mass is 462 g/mol. The van der Waals surface area contributed by atoms with E-state index in [4.69, 9.17) is 4.74 Å². The minimum absolute atomic E-state index is 0.0225. The molecule has 1 fully saturated rings. The number of aliphatic hydroxyl groups is 1. The molecule has 2 aromatic carbocycles. The number of benzene rings is 2. The van der Waals surface area contributed by atoms with Gasteiger partial charge in [-0.1, -0.05) is 24.8 Å². The second kappa shape index (κ2) is 10.2. The molecular formula is C26H25FN3O4+. The van der Waals surface area contributed by atoms with E-state index in [1.165, 1.54) is 29.2 Å². The third-order valence-electron chi connectivity index (χ3n) is 5.64. The summed E-state index contributed by atoms with van der Waals surface area (Å²) in [5.41, 5.74) is 0.895. The molecule has 2 heterocycles. The van der Waals surface area contributed by atoms with Crippen molar-refractivity contribution in [3.8, 4) is 5.75 Å². The van der Waals surface area contributed by atoms with Gasteiger partial charge in [0.2, 0.25) is 6.33 Å². The molecule has 7 nitrogen and oxygen atoms in total. The normalized spacial score (nSPS) is 17.2. The van der Waals surface area contributed by atoms with E-state index < -0.39 is 23.5 Å². The van der Waals surface area contributed by atoms with Crippen LogP contribution in [0.25, 0.3) is 5.76 Å². The van der Waals surface area contributed by atoms with E-state index in [1.807, 2.05) is 17.1 Å². The van der Waals surface area contributed by atoms with Crippen molar-refractivity contribution < 1.29 is 28.4 Å². The Morgan fingerprint density at radius 3 is 2.56 bits per heavy atom. The molecule has 0 saturated carbocycles. The first-order chi connectivity index (χ1) is 16.5. The highest BCUT2D eigenvalue weighted by atomic mass is 19.1. The molecule has 2 N–H and O–H groups in total. The van der Waals surface area contributed by atoms with Gasteiger partial charge in [0.1, 0.15) is 36.3 Å². The van der Waals surface area contributed by atoms with Crippen molar-refractivity contribution in [2.75, 3.05) is 13.2 Å². The van der Waals surface area contributed by atoms with Crippen molar-refractivity contribution in [1.82, 2.24) is 9.88 Å². The van der Waals surface area contributed by atoms with E-state index in [0.717, 1.165) is 0 Å². The largest absolute Gasteiger partial charge is 0.507 e. The van der Waals surface area contributed by atoms with E-state index in [2.05, 4.69) is 11.6 Å². The summed E-state index contributed by atoms with van der Waals surface area (Å²) in [6.07, 6.45) is 7.71. The highest BCUT2D eigenvalue weighted by molar-refractivity contribution is 6.46. The number of aryl methyl sites for hydroxylation is 1. The molecule has 0 radical (unpaired) electrons. The molecule has 174 valence electrons. The number of imidazole rings is 1. The summed E-state index contributed by atoms with van der Waals surface area (Å²) >= 11 is 0. The predicted molar refractivity (Wildman–Crippen MR) is 123 cm³/mol. The van der Waals surface area contributed by atoms with Gasteiger partial charge in [0.15, 0.2) is 0 Å². The molecule has 1 saturated heterocycles. The number of ketones is 1. The fourth-order valence-corrected chi connectivity index (χ4v) is 4.01. The molecule has 1 amide bonds. The van der Waals surface area contributed by atoms with Gasteiger partial charge in [-0.15, -0.1) is 0 Å². The highest BCUT2D eigenvalue weighted by Gasteiger charge is 2.45. The SMILES string of the molecule is C=CCOc1ccc(C2C(=C(O)c3ccc(F)cc3)C(=O)C(=O)N2CCC[n+]2cc[nH]c2)cc1. The quantitative estimate of drug-likeness (QED) is 0.168. The number of ether oxygens (including phenoxy) is 1. The second-order valence-corrected chi connectivity index (χ2v) is 7.87. The molecule has 1 aromatic heterocycles. The van der Waals surface area contributed by atoms with Crippen LogP contribution in [0.4, 0.5) is 4.39 Å². The molecular weight excluding hydrogens is 437 g/mol. The Bertz CT molecular complexity index is 1200. The smallest absolute Gasteiger partial charge is 0.295 e. The number of aromatic nitrogens is 2. The van der Waals surface area contributed by atoms with E-state index >= 15 is 0 Å². The van der Waals surface area contributed by atoms with Gasteiger partial charge in [-0.3, -0.25) is 14.6 Å². The molecule has 1 unspecified atom stereocenters. The number of hydrogen-bond acceptors (Lipinski definition) is 4. The van der Waals surface area contributed by atoms with Gasteiger partial charge in [0.25, 0.3) is 11.7 Å². The third kappa shape index (κ3) is 4.76. The lowest BCUT2D eigenvalue weighted by Crippen LogP contribution is -2.36. The Kier molecular flexibility index (Phi) is 6.87. The number of nitrogens with one attached hydrogen (secondary N) is 1. The lowest BCUT2D eigenvalue weighted by atomic mass is 9.95. The number of amides is 1. The van der Waals surface area contributed by atoms with Crippen LogP contribution in [0.2, 0.25) is 0 Å². The first kappa shape index (κ1) is 23.0. The maximum absolute atomic E-state index is 13.4. The number of Topliss-reactive ketones (excluding diaryl/α,β-unsaturated/α-hetero) is 1. The molecule has 0 aliphatic carbocycles. The lowest BCUT2D eigenvalue weighted by Gasteiger charge is -2.25. The van der Waals surface area contributed by atoms with Gasteiger partial charge in [0.05, 0.1) is 18.2 Å². The van der Waals surface area contributed by atoms with Gasteiger partial charge in [-0.2, -0.15) is 0 Å². The van der Waals surface area contributed by atoms with E-state index in [1.54, 1.807) is 36.5 Å². The summed E-state index contributed by atoms with van der Waals surface area (Å²) in [6.45, 7) is 4.92. The number of aliphatic hydroxyl groups excluding tert-OH is 1. The molecule has 1 atom stereocenters. The van der Waals surface area contributed by atoms with Gasteiger partial charge in [0, 0.05) is 18.5 Å². The molecule has 4 rings (SSSR count). The molecule has 1 aliphatic heterocycles. The van der Waals surface area contributed by atoms with Crippen LogP contribution < -0.4 is 9.30 Å². The van der Waals surface area contributed by atoms with Crippen molar-refractivity contribution in [2.45, 2.75) is 19.0 Å². The number of aromatic amines is 1. The lowest BCUT2D eigenvalue weighted by molar-refractivity contribution is -0.695. The number of likely N-dealkylation sites (tertiary alicyclic amines) is 1.